The Morgan fingerprint density at radius 1 is 1.31 bits per heavy atom. The van der Waals surface area contributed by atoms with Gasteiger partial charge in [-0.05, 0) is 31.0 Å². The molecule has 1 heterocycles. The molecule has 2 rings (SSSR count). The van der Waals surface area contributed by atoms with E-state index < -0.39 is 0 Å². The summed E-state index contributed by atoms with van der Waals surface area (Å²) in [6.07, 6.45) is 3.45. The summed E-state index contributed by atoms with van der Waals surface area (Å²) in [6, 6.07) is 8.20. The van der Waals surface area contributed by atoms with E-state index in [9.17, 15) is 4.79 Å². The minimum absolute atomic E-state index is 0.638. The van der Waals surface area contributed by atoms with E-state index in [0.717, 1.165) is 24.1 Å². The minimum Gasteiger partial charge on any atom is -0.298 e. The second kappa shape index (κ2) is 4.31. The van der Waals surface area contributed by atoms with Crippen molar-refractivity contribution in [3.63, 3.8) is 0 Å². The van der Waals surface area contributed by atoms with Gasteiger partial charge in [-0.15, -0.1) is 0 Å². The number of aryl methyl sites for hydroxylation is 1. The van der Waals surface area contributed by atoms with E-state index >= 15 is 0 Å². The van der Waals surface area contributed by atoms with E-state index in [4.69, 9.17) is 0 Å². The van der Waals surface area contributed by atoms with Crippen molar-refractivity contribution in [2.75, 3.05) is 0 Å². The standard InChI is InChI=1S/C13H14N2O/c1-3-11-4-6-13(7-5-11)15-10(2)12(9-16)8-14-15/h4-9H,3H2,1-2H3. The molecule has 16 heavy (non-hydrogen) atoms. The molecule has 0 radical (unpaired) electrons. The summed E-state index contributed by atoms with van der Waals surface area (Å²) in [4.78, 5) is 10.7. The van der Waals surface area contributed by atoms with E-state index in [0.29, 0.717) is 5.56 Å². The van der Waals surface area contributed by atoms with E-state index in [1.165, 1.54) is 5.56 Å². The Morgan fingerprint density at radius 2 is 2.00 bits per heavy atom. The van der Waals surface area contributed by atoms with Crippen molar-refractivity contribution in [1.29, 1.82) is 0 Å². The van der Waals surface area contributed by atoms with Crippen LogP contribution in [0.15, 0.2) is 30.5 Å². The molecule has 0 fully saturated rings. The van der Waals surface area contributed by atoms with Crippen LogP contribution in [0.5, 0.6) is 0 Å². The van der Waals surface area contributed by atoms with Crippen molar-refractivity contribution in [2.24, 2.45) is 0 Å². The fourth-order valence-electron chi connectivity index (χ4n) is 1.67. The molecule has 1 aromatic heterocycles. The number of rotatable bonds is 3. The average molecular weight is 214 g/mol. The number of hydrogen-bond donors (Lipinski definition) is 0. The zero-order chi connectivity index (χ0) is 11.5. The smallest absolute Gasteiger partial charge is 0.153 e. The lowest BCUT2D eigenvalue weighted by Gasteiger charge is -2.05. The zero-order valence-electron chi connectivity index (χ0n) is 9.47. The Kier molecular flexibility index (Phi) is 2.86. The second-order valence-corrected chi connectivity index (χ2v) is 3.73. The summed E-state index contributed by atoms with van der Waals surface area (Å²) in [6.45, 7) is 4.02. The maximum Gasteiger partial charge on any atom is 0.153 e. The molecule has 0 atom stereocenters. The highest BCUT2D eigenvalue weighted by Crippen LogP contribution is 2.13. The van der Waals surface area contributed by atoms with Crippen LogP contribution in [0.1, 0.15) is 28.5 Å². The third-order valence-electron chi connectivity index (χ3n) is 2.76. The third kappa shape index (κ3) is 1.76. The number of aromatic nitrogens is 2. The van der Waals surface area contributed by atoms with Crippen LogP contribution in [0, 0.1) is 6.92 Å². The van der Waals surface area contributed by atoms with Gasteiger partial charge in [-0.2, -0.15) is 5.10 Å². The maximum absolute atomic E-state index is 10.7. The van der Waals surface area contributed by atoms with Crippen LogP contribution in [0.2, 0.25) is 0 Å². The van der Waals surface area contributed by atoms with Crippen LogP contribution < -0.4 is 0 Å². The number of carbonyl (C=O) groups is 1. The number of aldehydes is 1. The van der Waals surface area contributed by atoms with E-state index in [1.807, 2.05) is 19.1 Å². The van der Waals surface area contributed by atoms with Gasteiger partial charge in [0.2, 0.25) is 0 Å². The first-order valence-electron chi connectivity index (χ1n) is 5.35. The fraction of sp³-hybridized carbons (Fsp3) is 0.231. The lowest BCUT2D eigenvalue weighted by Crippen LogP contribution is -1.99. The van der Waals surface area contributed by atoms with E-state index in [1.54, 1.807) is 10.9 Å². The van der Waals surface area contributed by atoms with Crippen LogP contribution in [-0.4, -0.2) is 16.1 Å². The molecule has 0 aliphatic heterocycles. The van der Waals surface area contributed by atoms with Crippen LogP contribution in [0.25, 0.3) is 5.69 Å². The Balaban J connectivity index is 2.42. The van der Waals surface area contributed by atoms with Crippen molar-refractivity contribution in [1.82, 2.24) is 9.78 Å². The molecule has 0 unspecified atom stereocenters. The van der Waals surface area contributed by atoms with Crippen molar-refractivity contribution in [3.8, 4) is 5.69 Å². The molecular formula is C13H14N2O. The normalized spacial score (nSPS) is 10.4. The number of hydrogen-bond acceptors (Lipinski definition) is 2. The van der Waals surface area contributed by atoms with Crippen molar-refractivity contribution < 1.29 is 4.79 Å². The largest absolute Gasteiger partial charge is 0.298 e. The van der Waals surface area contributed by atoms with Gasteiger partial charge in [-0.25, -0.2) is 4.68 Å². The van der Waals surface area contributed by atoms with Gasteiger partial charge in [0.05, 0.1) is 23.1 Å². The van der Waals surface area contributed by atoms with Gasteiger partial charge in [-0.3, -0.25) is 4.79 Å². The minimum atomic E-state index is 0.638. The fourth-order valence-corrected chi connectivity index (χ4v) is 1.67. The lowest BCUT2D eigenvalue weighted by molar-refractivity contribution is 0.112. The van der Waals surface area contributed by atoms with Crippen molar-refractivity contribution in [3.05, 3.63) is 47.3 Å². The van der Waals surface area contributed by atoms with Gasteiger partial charge in [-0.1, -0.05) is 19.1 Å². The summed E-state index contributed by atoms with van der Waals surface area (Å²) >= 11 is 0. The highest BCUT2D eigenvalue weighted by Gasteiger charge is 2.06. The molecule has 0 saturated heterocycles. The molecule has 0 amide bonds. The molecule has 0 bridgehead atoms. The van der Waals surface area contributed by atoms with Gasteiger partial charge in [0.25, 0.3) is 0 Å². The summed E-state index contributed by atoms with van der Waals surface area (Å²) < 4.78 is 1.78. The number of carbonyl (C=O) groups excluding carboxylic acids is 1. The molecule has 0 spiro atoms. The summed E-state index contributed by atoms with van der Waals surface area (Å²) in [5, 5.41) is 4.20. The van der Waals surface area contributed by atoms with E-state index in [2.05, 4.69) is 24.2 Å². The second-order valence-electron chi connectivity index (χ2n) is 3.73. The highest BCUT2D eigenvalue weighted by molar-refractivity contribution is 5.76. The van der Waals surface area contributed by atoms with Gasteiger partial charge in [0.1, 0.15) is 0 Å². The summed E-state index contributed by atoms with van der Waals surface area (Å²) in [5.74, 6) is 0. The topological polar surface area (TPSA) is 34.9 Å². The average Bonchev–Trinajstić information content (AvgIpc) is 2.70. The summed E-state index contributed by atoms with van der Waals surface area (Å²) in [7, 11) is 0. The van der Waals surface area contributed by atoms with Crippen molar-refractivity contribution >= 4 is 6.29 Å². The molecule has 82 valence electrons. The Morgan fingerprint density at radius 3 is 2.50 bits per heavy atom. The first kappa shape index (κ1) is 10.6. The van der Waals surface area contributed by atoms with Crippen LogP contribution >= 0.6 is 0 Å². The Labute approximate surface area is 94.7 Å². The Hall–Kier alpha value is -1.90. The number of benzene rings is 1. The number of nitrogens with zero attached hydrogens (tertiary/aromatic N) is 2. The zero-order valence-corrected chi connectivity index (χ0v) is 9.47. The molecule has 1 aromatic carbocycles. The predicted octanol–water partition coefficient (Wildman–Crippen LogP) is 2.56. The Bertz CT molecular complexity index is 497. The third-order valence-corrected chi connectivity index (χ3v) is 2.76. The maximum atomic E-state index is 10.7. The van der Waals surface area contributed by atoms with Gasteiger partial charge >= 0.3 is 0 Å². The molecule has 3 heteroatoms. The first-order valence-corrected chi connectivity index (χ1v) is 5.35. The quantitative estimate of drug-likeness (QED) is 0.736. The van der Waals surface area contributed by atoms with Gasteiger partial charge in [0.15, 0.2) is 6.29 Å². The molecule has 0 aliphatic carbocycles. The molecular weight excluding hydrogens is 200 g/mol. The molecule has 0 saturated carbocycles. The lowest BCUT2D eigenvalue weighted by atomic mass is 10.1. The monoisotopic (exact) mass is 214 g/mol. The molecule has 3 nitrogen and oxygen atoms in total. The van der Waals surface area contributed by atoms with Gasteiger partial charge in [0, 0.05) is 0 Å². The van der Waals surface area contributed by atoms with Crippen LogP contribution in [0.3, 0.4) is 0 Å². The van der Waals surface area contributed by atoms with Crippen LogP contribution in [-0.2, 0) is 6.42 Å². The highest BCUT2D eigenvalue weighted by atomic mass is 16.1. The van der Waals surface area contributed by atoms with E-state index in [-0.39, 0.29) is 0 Å². The van der Waals surface area contributed by atoms with Crippen molar-refractivity contribution in [2.45, 2.75) is 20.3 Å². The molecule has 2 aromatic rings. The first-order chi connectivity index (χ1) is 7.76. The predicted molar refractivity (Wildman–Crippen MR) is 63.1 cm³/mol. The summed E-state index contributed by atoms with van der Waals surface area (Å²) in [5.41, 5.74) is 3.80. The molecule has 0 N–H and O–H groups in total. The SMILES string of the molecule is CCc1ccc(-n2ncc(C=O)c2C)cc1. The van der Waals surface area contributed by atoms with Gasteiger partial charge < -0.3 is 0 Å². The molecule has 0 aliphatic rings. The van der Waals surface area contributed by atoms with Crippen LogP contribution in [0.4, 0.5) is 0 Å².